The number of aromatic nitrogens is 5. The third kappa shape index (κ3) is 4.16. The Morgan fingerprint density at radius 3 is 2.44 bits per heavy atom. The van der Waals surface area contributed by atoms with Crippen LogP contribution in [-0.4, -0.2) is 63.9 Å². The van der Waals surface area contributed by atoms with Crippen LogP contribution in [0.25, 0.3) is 16.5 Å². The quantitative estimate of drug-likeness (QED) is 0.517. The molecule has 4 heterocycles. The van der Waals surface area contributed by atoms with Crippen LogP contribution < -0.4 is 14.9 Å². The van der Waals surface area contributed by atoms with Gasteiger partial charge in [-0.25, -0.2) is 21.9 Å². The Kier molecular flexibility index (Phi) is 5.61. The van der Waals surface area contributed by atoms with Crippen LogP contribution in [0.3, 0.4) is 0 Å². The summed E-state index contributed by atoms with van der Waals surface area (Å²) in [5.41, 5.74) is 0.539. The smallest absolute Gasteiger partial charge is 0.291 e. The van der Waals surface area contributed by atoms with E-state index in [1.54, 1.807) is 6.07 Å². The van der Waals surface area contributed by atoms with Crippen molar-refractivity contribution in [2.75, 3.05) is 18.0 Å². The zero-order chi connectivity index (χ0) is 24.4. The molecule has 3 aromatic rings. The fourth-order valence-electron chi connectivity index (χ4n) is 4.50. The molecule has 0 bridgehead atoms. The van der Waals surface area contributed by atoms with E-state index in [1.807, 2.05) is 13.8 Å². The van der Waals surface area contributed by atoms with Crippen molar-refractivity contribution in [1.29, 1.82) is 0 Å². The van der Waals surface area contributed by atoms with E-state index >= 15 is 0 Å². The Morgan fingerprint density at radius 1 is 1.18 bits per heavy atom. The van der Waals surface area contributed by atoms with Gasteiger partial charge in [-0.2, -0.15) is 0 Å². The Morgan fingerprint density at radius 2 is 1.85 bits per heavy atom. The molecule has 1 aliphatic carbocycles. The van der Waals surface area contributed by atoms with Crippen molar-refractivity contribution >= 4 is 32.7 Å². The van der Waals surface area contributed by atoms with Gasteiger partial charge in [-0.05, 0) is 39.2 Å². The molecule has 1 saturated carbocycles. The lowest BCUT2D eigenvalue weighted by molar-refractivity contribution is 0.150. The molecule has 1 aliphatic heterocycles. The van der Waals surface area contributed by atoms with Crippen molar-refractivity contribution in [3.8, 4) is 10.8 Å². The van der Waals surface area contributed by atoms with Crippen molar-refractivity contribution in [1.82, 2.24) is 34.8 Å². The Labute approximate surface area is 199 Å². The van der Waals surface area contributed by atoms with Gasteiger partial charge in [0, 0.05) is 36.9 Å². The lowest BCUT2D eigenvalue weighted by Gasteiger charge is -2.37. The van der Waals surface area contributed by atoms with Crippen molar-refractivity contribution < 1.29 is 17.2 Å². The number of hydrogen-bond acceptors (Lipinski definition) is 9. The minimum Gasteiger partial charge on any atom is -0.365 e. The molecule has 34 heavy (non-hydrogen) atoms. The molecule has 4 atom stereocenters. The first-order valence-corrected chi connectivity index (χ1v) is 13.3. The number of alkyl halides is 2. The molecular formula is C20H26F2N8O2S2. The zero-order valence-corrected chi connectivity index (χ0v) is 20.8. The molecule has 2 fully saturated rings. The summed E-state index contributed by atoms with van der Waals surface area (Å²) in [6.45, 7) is 9.27. The van der Waals surface area contributed by atoms with Gasteiger partial charge in [0.25, 0.3) is 6.43 Å². The maximum Gasteiger partial charge on any atom is 0.291 e. The summed E-state index contributed by atoms with van der Waals surface area (Å²) in [5.74, 6) is 0.403. The van der Waals surface area contributed by atoms with Crippen LogP contribution in [0.15, 0.2) is 17.2 Å². The van der Waals surface area contributed by atoms with Crippen molar-refractivity contribution in [2.24, 2.45) is 5.92 Å². The number of halogens is 2. The van der Waals surface area contributed by atoms with Crippen LogP contribution in [0.5, 0.6) is 0 Å². The fraction of sp³-hybridized carbons (Fsp3) is 0.600. The molecule has 2 aliphatic rings. The van der Waals surface area contributed by atoms with Gasteiger partial charge >= 0.3 is 0 Å². The SMILES string of the molecule is C[C@@H]1C[C@]1(C)NS(=O)(=O)c1cc(N2C[C@H](C)N[C@@H](C)C2)c2nnc(-c3nnc(C(F)F)s3)n2c1. The number of hydrogen-bond donors (Lipinski definition) is 2. The summed E-state index contributed by atoms with van der Waals surface area (Å²) in [5, 5.41) is 19.0. The predicted molar refractivity (Wildman–Crippen MR) is 124 cm³/mol. The van der Waals surface area contributed by atoms with Crippen molar-refractivity contribution in [3.63, 3.8) is 0 Å². The third-order valence-electron chi connectivity index (χ3n) is 6.51. The van der Waals surface area contributed by atoms with Gasteiger partial charge in [0.15, 0.2) is 21.5 Å². The minimum atomic E-state index is -3.87. The van der Waals surface area contributed by atoms with E-state index in [4.69, 9.17) is 0 Å². The number of nitrogens with zero attached hydrogens (tertiary/aromatic N) is 6. The van der Waals surface area contributed by atoms with Crippen LogP contribution in [0.4, 0.5) is 14.5 Å². The molecule has 0 spiro atoms. The van der Waals surface area contributed by atoms with Crippen molar-refractivity contribution in [2.45, 2.75) is 63.1 Å². The molecule has 2 N–H and O–H groups in total. The van der Waals surface area contributed by atoms with Gasteiger partial charge in [-0.15, -0.1) is 20.4 Å². The summed E-state index contributed by atoms with van der Waals surface area (Å²) in [6, 6.07) is 1.96. The first-order valence-electron chi connectivity index (χ1n) is 11.0. The van der Waals surface area contributed by atoms with Gasteiger partial charge in [0.2, 0.25) is 10.0 Å². The van der Waals surface area contributed by atoms with Gasteiger partial charge in [-0.1, -0.05) is 18.3 Å². The van der Waals surface area contributed by atoms with Crippen LogP contribution >= 0.6 is 11.3 Å². The lowest BCUT2D eigenvalue weighted by atomic mass is 10.1. The van der Waals surface area contributed by atoms with Gasteiger partial charge in [-0.3, -0.25) is 4.40 Å². The van der Waals surface area contributed by atoms with Crippen LogP contribution in [0.2, 0.25) is 0 Å². The summed E-state index contributed by atoms with van der Waals surface area (Å²) in [4.78, 5) is 2.12. The zero-order valence-electron chi connectivity index (χ0n) is 19.2. The highest BCUT2D eigenvalue weighted by Crippen LogP contribution is 2.43. The van der Waals surface area contributed by atoms with Gasteiger partial charge in [0.1, 0.15) is 4.90 Å². The maximum absolute atomic E-state index is 13.4. The molecule has 0 radical (unpaired) electrons. The summed E-state index contributed by atoms with van der Waals surface area (Å²) in [7, 11) is -3.87. The largest absolute Gasteiger partial charge is 0.365 e. The second-order valence-corrected chi connectivity index (χ2v) is 12.2. The van der Waals surface area contributed by atoms with E-state index < -0.39 is 27.0 Å². The molecule has 10 nitrogen and oxygen atoms in total. The molecule has 5 rings (SSSR count). The molecule has 1 saturated heterocycles. The standard InChI is InChI=1S/C20H26F2N8O2S2/c1-10-6-20(10,4)28-34(31,32)13-5-14(29-7-11(2)23-12(3)8-29)16-24-25-17(30(16)9-13)19-27-26-18(33-19)15(21)22/h5,9-12,15,23,28H,6-8H2,1-4H3/t10-,11+,12+,20+/m1/s1. The molecule has 0 amide bonds. The number of sulfonamides is 1. The highest BCUT2D eigenvalue weighted by Gasteiger charge is 2.49. The lowest BCUT2D eigenvalue weighted by Crippen LogP contribution is -2.54. The first kappa shape index (κ1) is 23.5. The van der Waals surface area contributed by atoms with E-state index in [2.05, 4.69) is 49.2 Å². The van der Waals surface area contributed by atoms with E-state index in [0.29, 0.717) is 35.8 Å². The number of anilines is 1. The molecule has 3 aromatic heterocycles. The Balaban J connectivity index is 1.66. The van der Waals surface area contributed by atoms with Crippen molar-refractivity contribution in [3.05, 3.63) is 17.3 Å². The molecule has 0 aromatic carbocycles. The van der Waals surface area contributed by atoms with E-state index in [1.165, 1.54) is 10.6 Å². The fourth-order valence-corrected chi connectivity index (χ4v) is 6.71. The maximum atomic E-state index is 13.4. The second kappa shape index (κ2) is 8.14. The molecule has 0 unspecified atom stereocenters. The van der Waals surface area contributed by atoms with Crippen LogP contribution in [-0.2, 0) is 10.0 Å². The highest BCUT2D eigenvalue weighted by atomic mass is 32.2. The summed E-state index contributed by atoms with van der Waals surface area (Å²) < 4.78 is 57.3. The molecule has 14 heteroatoms. The number of pyridine rings is 1. The van der Waals surface area contributed by atoms with E-state index in [9.17, 15) is 17.2 Å². The van der Waals surface area contributed by atoms with Gasteiger partial charge < -0.3 is 10.2 Å². The number of nitrogens with one attached hydrogen (secondary N) is 2. The molecule has 184 valence electrons. The Bertz CT molecular complexity index is 1330. The van der Waals surface area contributed by atoms with Crippen LogP contribution in [0.1, 0.15) is 45.5 Å². The predicted octanol–water partition coefficient (Wildman–Crippen LogP) is 2.45. The normalized spacial score (nSPS) is 27.6. The second-order valence-electron chi connectivity index (χ2n) is 9.53. The van der Waals surface area contributed by atoms with Gasteiger partial charge in [0.05, 0.1) is 5.69 Å². The third-order valence-corrected chi connectivity index (χ3v) is 9.02. The minimum absolute atomic E-state index is 0.0498. The summed E-state index contributed by atoms with van der Waals surface area (Å²) in [6.07, 6.45) is -0.579. The van der Waals surface area contributed by atoms with E-state index in [-0.39, 0.29) is 33.7 Å². The van der Waals surface area contributed by atoms with Crippen LogP contribution in [0, 0.1) is 5.92 Å². The number of piperazine rings is 1. The van der Waals surface area contributed by atoms with E-state index in [0.717, 1.165) is 6.42 Å². The number of rotatable bonds is 6. The molecular weight excluding hydrogens is 486 g/mol. The topological polar surface area (TPSA) is 117 Å². The average Bonchev–Trinajstić information content (AvgIpc) is 3.15. The summed E-state index contributed by atoms with van der Waals surface area (Å²) >= 11 is 0.705. The number of fused-ring (bicyclic) bond motifs is 1. The average molecular weight is 513 g/mol. The monoisotopic (exact) mass is 512 g/mol. The highest BCUT2D eigenvalue weighted by molar-refractivity contribution is 7.89. The Hall–Kier alpha value is -2.29. The first-order chi connectivity index (χ1) is 16.0.